The molecule has 1 aliphatic heterocycles. The monoisotopic (exact) mass is 341 g/mol. The zero-order chi connectivity index (χ0) is 16.9. The third-order valence-corrected chi connectivity index (χ3v) is 3.77. The van der Waals surface area contributed by atoms with E-state index in [1.54, 1.807) is 7.11 Å². The molecule has 0 saturated carbocycles. The Labute approximate surface area is 142 Å². The van der Waals surface area contributed by atoms with Gasteiger partial charge in [0.05, 0.1) is 17.2 Å². The lowest BCUT2D eigenvalue weighted by Crippen LogP contribution is -2.45. The fourth-order valence-electron chi connectivity index (χ4n) is 1.99. The van der Waals surface area contributed by atoms with Gasteiger partial charge in [-0.1, -0.05) is 11.6 Å². The second kappa shape index (κ2) is 7.75. The van der Waals surface area contributed by atoms with Crippen LogP contribution in [-0.2, 0) is 11.3 Å². The molecule has 23 heavy (non-hydrogen) atoms. The Hall–Kier alpha value is -1.66. The second-order valence-electron chi connectivity index (χ2n) is 5.82. The van der Waals surface area contributed by atoms with Crippen LogP contribution in [0.3, 0.4) is 0 Å². The lowest BCUT2D eigenvalue weighted by atomic mass is 10.1. The van der Waals surface area contributed by atoms with Gasteiger partial charge in [0.1, 0.15) is 0 Å². The maximum Gasteiger partial charge on any atom is 0.231 e. The summed E-state index contributed by atoms with van der Waals surface area (Å²) in [7, 11) is 1.69. The molecule has 0 saturated heterocycles. The molecule has 1 aromatic rings. The van der Waals surface area contributed by atoms with Crippen molar-refractivity contribution in [3.05, 3.63) is 22.7 Å². The molecule has 0 aromatic heterocycles. The van der Waals surface area contributed by atoms with Crippen molar-refractivity contribution in [2.75, 3.05) is 27.0 Å². The molecule has 1 aromatic carbocycles. The van der Waals surface area contributed by atoms with Gasteiger partial charge in [-0.15, -0.1) is 0 Å². The van der Waals surface area contributed by atoms with Crippen LogP contribution in [0.25, 0.3) is 0 Å². The van der Waals surface area contributed by atoms with E-state index in [0.29, 0.717) is 29.6 Å². The van der Waals surface area contributed by atoms with Crippen molar-refractivity contribution in [2.24, 2.45) is 4.99 Å². The highest BCUT2D eigenvalue weighted by Gasteiger charge is 2.19. The molecule has 6 nitrogen and oxygen atoms in total. The van der Waals surface area contributed by atoms with Crippen molar-refractivity contribution in [1.29, 1.82) is 0 Å². The number of methoxy groups -OCH3 is 1. The Morgan fingerprint density at radius 1 is 1.35 bits per heavy atom. The molecule has 2 rings (SSSR count). The fourth-order valence-corrected chi connectivity index (χ4v) is 2.28. The maximum atomic E-state index is 6.19. The highest BCUT2D eigenvalue weighted by Crippen LogP contribution is 2.39. The fraction of sp³-hybridized carbons (Fsp3) is 0.562. The van der Waals surface area contributed by atoms with Gasteiger partial charge in [0, 0.05) is 20.2 Å². The number of hydrogen-bond acceptors (Lipinski definition) is 4. The highest BCUT2D eigenvalue weighted by molar-refractivity contribution is 6.32. The molecule has 1 heterocycles. The first-order valence-corrected chi connectivity index (χ1v) is 7.98. The van der Waals surface area contributed by atoms with E-state index in [1.807, 2.05) is 32.9 Å². The molecule has 0 bridgehead atoms. The number of guanidine groups is 1. The van der Waals surface area contributed by atoms with Crippen molar-refractivity contribution < 1.29 is 14.2 Å². The lowest BCUT2D eigenvalue weighted by molar-refractivity contribution is 0.0268. The van der Waals surface area contributed by atoms with Crippen molar-refractivity contribution >= 4 is 17.6 Å². The number of aliphatic imine (C=N–C) groups is 1. The largest absolute Gasteiger partial charge is 0.454 e. The van der Waals surface area contributed by atoms with E-state index in [-0.39, 0.29) is 12.4 Å². The van der Waals surface area contributed by atoms with Crippen LogP contribution < -0.4 is 20.1 Å². The van der Waals surface area contributed by atoms with Gasteiger partial charge in [-0.2, -0.15) is 0 Å². The minimum Gasteiger partial charge on any atom is -0.454 e. The van der Waals surface area contributed by atoms with Gasteiger partial charge in [0.2, 0.25) is 6.79 Å². The summed E-state index contributed by atoms with van der Waals surface area (Å²) in [6.45, 7) is 8.17. The maximum absolute atomic E-state index is 6.19. The number of halogens is 1. The molecule has 128 valence electrons. The first-order chi connectivity index (χ1) is 10.9. The zero-order valence-corrected chi connectivity index (χ0v) is 14.8. The van der Waals surface area contributed by atoms with Crippen LogP contribution in [-0.4, -0.2) is 38.6 Å². The number of nitrogens with zero attached hydrogens (tertiary/aromatic N) is 1. The molecular weight excluding hydrogens is 318 g/mol. The second-order valence-corrected chi connectivity index (χ2v) is 6.23. The van der Waals surface area contributed by atoms with Gasteiger partial charge in [-0.3, -0.25) is 0 Å². The molecule has 0 unspecified atom stereocenters. The van der Waals surface area contributed by atoms with Crippen LogP contribution >= 0.6 is 11.6 Å². The standard InChI is InChI=1S/C16H24ClN3O3/c1-5-18-15(20-9-16(2,3)21-4)19-8-11-6-12(17)14-13(7-11)22-10-23-14/h6-7H,5,8-10H2,1-4H3,(H2,18,19,20). The number of hydrogen-bond donors (Lipinski definition) is 2. The van der Waals surface area contributed by atoms with E-state index in [0.717, 1.165) is 18.1 Å². The zero-order valence-electron chi connectivity index (χ0n) is 14.0. The molecule has 2 N–H and O–H groups in total. The van der Waals surface area contributed by atoms with E-state index in [2.05, 4.69) is 15.6 Å². The van der Waals surface area contributed by atoms with Gasteiger partial charge >= 0.3 is 0 Å². The minimum absolute atomic E-state index is 0.206. The van der Waals surface area contributed by atoms with Crippen LogP contribution in [0.15, 0.2) is 17.1 Å². The number of rotatable bonds is 6. The smallest absolute Gasteiger partial charge is 0.231 e. The molecule has 0 fully saturated rings. The normalized spacial score (nSPS) is 14.0. The van der Waals surface area contributed by atoms with E-state index in [9.17, 15) is 0 Å². The summed E-state index contributed by atoms with van der Waals surface area (Å²) >= 11 is 6.19. The van der Waals surface area contributed by atoms with Gasteiger partial charge in [-0.25, -0.2) is 4.99 Å². The Kier molecular flexibility index (Phi) is 5.96. The van der Waals surface area contributed by atoms with Crippen molar-refractivity contribution in [2.45, 2.75) is 32.9 Å². The third kappa shape index (κ3) is 4.91. The van der Waals surface area contributed by atoms with Gasteiger partial charge in [0.25, 0.3) is 0 Å². The molecular formula is C16H24ClN3O3. The number of nitrogens with one attached hydrogen (secondary N) is 2. The summed E-state index contributed by atoms with van der Waals surface area (Å²) in [6, 6.07) is 3.75. The van der Waals surface area contributed by atoms with E-state index in [1.165, 1.54) is 0 Å². The SMILES string of the molecule is CCNC(=NCc1cc(Cl)c2c(c1)OCO2)NCC(C)(C)OC. The summed E-state index contributed by atoms with van der Waals surface area (Å²) in [5, 5.41) is 7.03. The number of ether oxygens (including phenoxy) is 3. The van der Waals surface area contributed by atoms with Crippen LogP contribution in [0.5, 0.6) is 11.5 Å². The average Bonchev–Trinajstić information content (AvgIpc) is 2.99. The summed E-state index contributed by atoms with van der Waals surface area (Å²) in [6.07, 6.45) is 0. The molecule has 0 aliphatic carbocycles. The quantitative estimate of drug-likeness (QED) is 0.615. The predicted octanol–water partition coefficient (Wildman–Crippen LogP) is 2.55. The molecule has 0 atom stereocenters. The molecule has 1 aliphatic rings. The van der Waals surface area contributed by atoms with Gasteiger partial charge in [-0.05, 0) is 38.5 Å². The summed E-state index contributed by atoms with van der Waals surface area (Å²) in [5.41, 5.74) is 0.695. The summed E-state index contributed by atoms with van der Waals surface area (Å²) in [4.78, 5) is 4.57. The first kappa shape index (κ1) is 17.7. The summed E-state index contributed by atoms with van der Waals surface area (Å²) < 4.78 is 16.1. The van der Waals surface area contributed by atoms with Crippen LogP contribution in [0.1, 0.15) is 26.3 Å². The minimum atomic E-state index is -0.266. The molecule has 0 amide bonds. The van der Waals surface area contributed by atoms with Crippen LogP contribution in [0, 0.1) is 0 Å². The van der Waals surface area contributed by atoms with Gasteiger partial charge in [0.15, 0.2) is 17.5 Å². The Morgan fingerprint density at radius 3 is 2.83 bits per heavy atom. The topological polar surface area (TPSA) is 64.1 Å². The highest BCUT2D eigenvalue weighted by atomic mass is 35.5. The van der Waals surface area contributed by atoms with Crippen LogP contribution in [0.4, 0.5) is 0 Å². The van der Waals surface area contributed by atoms with E-state index < -0.39 is 0 Å². The molecule has 0 spiro atoms. The van der Waals surface area contributed by atoms with Crippen molar-refractivity contribution in [3.63, 3.8) is 0 Å². The van der Waals surface area contributed by atoms with Crippen molar-refractivity contribution in [1.82, 2.24) is 10.6 Å². The van der Waals surface area contributed by atoms with Crippen LogP contribution in [0.2, 0.25) is 5.02 Å². The van der Waals surface area contributed by atoms with E-state index >= 15 is 0 Å². The Morgan fingerprint density at radius 2 is 2.13 bits per heavy atom. The lowest BCUT2D eigenvalue weighted by Gasteiger charge is -2.24. The number of benzene rings is 1. The predicted molar refractivity (Wildman–Crippen MR) is 91.5 cm³/mol. The third-order valence-electron chi connectivity index (χ3n) is 3.49. The Balaban J connectivity index is 2.04. The Bertz CT molecular complexity index is 576. The average molecular weight is 342 g/mol. The number of fused-ring (bicyclic) bond motifs is 1. The summed E-state index contributed by atoms with van der Waals surface area (Å²) in [5.74, 6) is 2.00. The van der Waals surface area contributed by atoms with Gasteiger partial charge < -0.3 is 24.8 Å². The first-order valence-electron chi connectivity index (χ1n) is 7.60. The molecule has 0 radical (unpaired) electrons. The molecule has 7 heteroatoms. The van der Waals surface area contributed by atoms with Crippen molar-refractivity contribution in [3.8, 4) is 11.5 Å². The van der Waals surface area contributed by atoms with E-state index in [4.69, 9.17) is 25.8 Å².